The second-order valence-electron chi connectivity index (χ2n) is 19.3. The van der Waals surface area contributed by atoms with Crippen molar-refractivity contribution < 1.29 is 24.5 Å². The smallest absolute Gasteiger partial charge is 0.306 e. The lowest BCUT2D eigenvalue weighted by Gasteiger charge is -2.24. The van der Waals surface area contributed by atoms with E-state index in [1.165, 1.54) is 205 Å². The average molecular weight is 889 g/mol. The monoisotopic (exact) mass is 888 g/mol. The van der Waals surface area contributed by atoms with Crippen LogP contribution in [0, 0.1) is 0 Å². The van der Waals surface area contributed by atoms with E-state index in [9.17, 15) is 19.8 Å². The number of aliphatic hydroxyl groups is 2. The molecular formula is C57H109NO5. The van der Waals surface area contributed by atoms with Gasteiger partial charge in [-0.15, -0.1) is 0 Å². The van der Waals surface area contributed by atoms with Gasteiger partial charge in [0.1, 0.15) is 6.10 Å². The van der Waals surface area contributed by atoms with Crippen molar-refractivity contribution in [1.29, 1.82) is 0 Å². The average Bonchev–Trinajstić information content (AvgIpc) is 3.28. The molecule has 0 rings (SSSR count). The van der Waals surface area contributed by atoms with Crippen molar-refractivity contribution >= 4 is 11.9 Å². The van der Waals surface area contributed by atoms with Crippen LogP contribution in [0.4, 0.5) is 0 Å². The van der Waals surface area contributed by atoms with Crippen LogP contribution in [0.2, 0.25) is 0 Å². The number of ether oxygens (including phenoxy) is 1. The minimum atomic E-state index is -0.783. The van der Waals surface area contributed by atoms with Gasteiger partial charge in [0.15, 0.2) is 0 Å². The molecule has 0 radical (unpaired) electrons. The molecule has 0 fully saturated rings. The van der Waals surface area contributed by atoms with E-state index < -0.39 is 18.2 Å². The molecular weight excluding hydrogens is 779 g/mol. The maximum atomic E-state index is 13.2. The number of hydrogen-bond donors (Lipinski definition) is 3. The van der Waals surface area contributed by atoms with Crippen molar-refractivity contribution in [3.8, 4) is 0 Å². The molecule has 0 saturated carbocycles. The van der Waals surface area contributed by atoms with Gasteiger partial charge in [-0.05, 0) is 57.8 Å². The first-order valence-electron chi connectivity index (χ1n) is 28.1. The SMILES string of the molecule is CCCCC/C=C\C/C=C\CCCCCCCCCCCC(=O)OC(CCCCCCCCCCCCCCC)CC(=O)NC(CO)C(O)CCCCCCCCCCCCCC. The maximum absolute atomic E-state index is 13.2. The van der Waals surface area contributed by atoms with Gasteiger partial charge in [-0.2, -0.15) is 0 Å². The third kappa shape index (κ3) is 46.7. The highest BCUT2D eigenvalue weighted by Crippen LogP contribution is 2.19. The van der Waals surface area contributed by atoms with Gasteiger partial charge in [0.2, 0.25) is 5.91 Å². The van der Waals surface area contributed by atoms with Crippen molar-refractivity contribution in [3.05, 3.63) is 24.3 Å². The molecule has 6 heteroatoms. The number of carbonyl (C=O) groups excluding carboxylic acids is 2. The zero-order valence-electron chi connectivity index (χ0n) is 42.5. The number of rotatable bonds is 51. The fraction of sp³-hybridized carbons (Fsp3) is 0.895. The molecule has 0 aromatic heterocycles. The summed E-state index contributed by atoms with van der Waals surface area (Å²) in [7, 11) is 0. The normalized spacial score (nSPS) is 13.3. The Morgan fingerprint density at radius 2 is 0.810 bits per heavy atom. The van der Waals surface area contributed by atoms with E-state index in [1.54, 1.807) is 0 Å². The van der Waals surface area contributed by atoms with Gasteiger partial charge in [0, 0.05) is 6.42 Å². The van der Waals surface area contributed by atoms with E-state index in [1.807, 2.05) is 0 Å². The summed E-state index contributed by atoms with van der Waals surface area (Å²) >= 11 is 0. The van der Waals surface area contributed by atoms with Crippen LogP contribution in [-0.4, -0.2) is 46.9 Å². The van der Waals surface area contributed by atoms with Crippen LogP contribution in [0.3, 0.4) is 0 Å². The number of aliphatic hydroxyl groups excluding tert-OH is 2. The first-order valence-corrected chi connectivity index (χ1v) is 28.1. The molecule has 0 aliphatic carbocycles. The maximum Gasteiger partial charge on any atom is 0.306 e. The first-order chi connectivity index (χ1) is 31.0. The molecule has 0 aliphatic heterocycles. The van der Waals surface area contributed by atoms with Crippen molar-refractivity contribution in [2.45, 2.75) is 322 Å². The van der Waals surface area contributed by atoms with Crippen LogP contribution in [-0.2, 0) is 14.3 Å². The minimum Gasteiger partial charge on any atom is -0.462 e. The summed E-state index contributed by atoms with van der Waals surface area (Å²) in [4.78, 5) is 26.2. The number of esters is 1. The van der Waals surface area contributed by atoms with Crippen LogP contribution < -0.4 is 5.32 Å². The zero-order valence-corrected chi connectivity index (χ0v) is 42.5. The second-order valence-corrected chi connectivity index (χ2v) is 19.3. The molecule has 372 valence electrons. The molecule has 0 bridgehead atoms. The minimum absolute atomic E-state index is 0.0820. The highest BCUT2D eigenvalue weighted by molar-refractivity contribution is 5.77. The van der Waals surface area contributed by atoms with Gasteiger partial charge >= 0.3 is 5.97 Å². The molecule has 0 aliphatic rings. The molecule has 6 nitrogen and oxygen atoms in total. The van der Waals surface area contributed by atoms with Gasteiger partial charge < -0.3 is 20.3 Å². The van der Waals surface area contributed by atoms with Gasteiger partial charge in [0.05, 0.1) is 25.2 Å². The summed E-state index contributed by atoms with van der Waals surface area (Å²) < 4.78 is 5.96. The van der Waals surface area contributed by atoms with Crippen molar-refractivity contribution in [2.24, 2.45) is 0 Å². The molecule has 0 saturated heterocycles. The lowest BCUT2D eigenvalue weighted by Crippen LogP contribution is -2.46. The standard InChI is InChI=1S/C57H109NO5/c1-4-7-10-13-16-19-22-25-26-27-28-29-30-32-35-38-41-44-47-50-57(62)63-53(48-45-42-39-36-33-31-23-20-17-14-11-8-5-2)51-56(61)58-54(52-59)55(60)49-46-43-40-37-34-24-21-18-15-12-9-6-3/h16,19,25-26,53-55,59-60H,4-15,17-18,20-24,27-52H2,1-3H3,(H,58,61)/b19-16-,26-25-. The molecule has 3 atom stereocenters. The van der Waals surface area contributed by atoms with Gasteiger partial charge in [-0.1, -0.05) is 257 Å². The van der Waals surface area contributed by atoms with Gasteiger partial charge in [-0.25, -0.2) is 0 Å². The number of carbonyl (C=O) groups is 2. The zero-order chi connectivity index (χ0) is 45.9. The predicted octanol–water partition coefficient (Wildman–Crippen LogP) is 17.1. The van der Waals surface area contributed by atoms with E-state index >= 15 is 0 Å². The Hall–Kier alpha value is -1.66. The van der Waals surface area contributed by atoms with Crippen molar-refractivity contribution in [1.82, 2.24) is 5.32 Å². The Morgan fingerprint density at radius 3 is 1.24 bits per heavy atom. The fourth-order valence-electron chi connectivity index (χ4n) is 8.76. The molecule has 63 heavy (non-hydrogen) atoms. The largest absolute Gasteiger partial charge is 0.462 e. The van der Waals surface area contributed by atoms with Crippen LogP contribution >= 0.6 is 0 Å². The Morgan fingerprint density at radius 1 is 0.460 bits per heavy atom. The van der Waals surface area contributed by atoms with Crippen LogP contribution in [0.25, 0.3) is 0 Å². The Labute approximate surface area is 392 Å². The molecule has 0 spiro atoms. The Balaban J connectivity index is 4.49. The summed E-state index contributed by atoms with van der Waals surface area (Å²) in [5.41, 5.74) is 0. The van der Waals surface area contributed by atoms with E-state index in [2.05, 4.69) is 50.4 Å². The summed E-state index contributed by atoms with van der Waals surface area (Å²) in [5, 5.41) is 23.8. The Bertz CT molecular complexity index is 997. The third-order valence-corrected chi connectivity index (χ3v) is 13.0. The molecule has 0 aromatic rings. The fourth-order valence-corrected chi connectivity index (χ4v) is 8.76. The van der Waals surface area contributed by atoms with E-state index in [-0.39, 0.29) is 24.9 Å². The van der Waals surface area contributed by atoms with E-state index in [0.29, 0.717) is 19.3 Å². The van der Waals surface area contributed by atoms with Crippen LogP contribution in [0.1, 0.15) is 303 Å². The molecule has 0 aromatic carbocycles. The number of nitrogens with one attached hydrogen (secondary N) is 1. The molecule has 3 unspecified atom stereocenters. The number of allylic oxidation sites excluding steroid dienone is 4. The van der Waals surface area contributed by atoms with E-state index in [4.69, 9.17) is 4.74 Å². The highest BCUT2D eigenvalue weighted by atomic mass is 16.5. The summed E-state index contributed by atoms with van der Waals surface area (Å²) in [6, 6.07) is -0.697. The van der Waals surface area contributed by atoms with Crippen molar-refractivity contribution in [2.75, 3.05) is 6.61 Å². The quantitative estimate of drug-likeness (QED) is 0.0321. The third-order valence-electron chi connectivity index (χ3n) is 13.0. The van der Waals surface area contributed by atoms with Gasteiger partial charge in [-0.3, -0.25) is 9.59 Å². The lowest BCUT2D eigenvalue weighted by atomic mass is 10.0. The Kier molecular flexibility index (Phi) is 50.0. The number of unbranched alkanes of at least 4 members (excludes halogenated alkanes) is 35. The summed E-state index contributed by atoms with van der Waals surface area (Å²) in [6.07, 6.45) is 59.5. The van der Waals surface area contributed by atoms with Crippen molar-refractivity contribution in [3.63, 3.8) is 0 Å². The van der Waals surface area contributed by atoms with Gasteiger partial charge in [0.25, 0.3) is 0 Å². The molecule has 0 heterocycles. The predicted molar refractivity (Wildman–Crippen MR) is 273 cm³/mol. The lowest BCUT2D eigenvalue weighted by molar-refractivity contribution is -0.151. The summed E-state index contributed by atoms with van der Waals surface area (Å²) in [5.74, 6) is -0.460. The highest BCUT2D eigenvalue weighted by Gasteiger charge is 2.24. The number of amides is 1. The molecule has 1 amide bonds. The van der Waals surface area contributed by atoms with E-state index in [0.717, 1.165) is 51.4 Å². The number of hydrogen-bond acceptors (Lipinski definition) is 5. The topological polar surface area (TPSA) is 95.9 Å². The van der Waals surface area contributed by atoms with Crippen LogP contribution in [0.5, 0.6) is 0 Å². The molecule has 3 N–H and O–H groups in total. The summed E-state index contributed by atoms with van der Waals surface area (Å²) in [6.45, 7) is 6.48. The van der Waals surface area contributed by atoms with Crippen LogP contribution in [0.15, 0.2) is 24.3 Å². The second kappa shape index (κ2) is 51.3. The first kappa shape index (κ1) is 61.3.